The molecule has 0 fully saturated rings. The predicted octanol–water partition coefficient (Wildman–Crippen LogP) is 2.31. The molecule has 0 amide bonds. The van der Waals surface area contributed by atoms with Gasteiger partial charge in [0.05, 0.1) is 0 Å². The van der Waals surface area contributed by atoms with Crippen LogP contribution in [0.4, 0.5) is 0 Å². The van der Waals surface area contributed by atoms with E-state index in [4.69, 9.17) is 11.5 Å². The molecule has 2 atom stereocenters. The van der Waals surface area contributed by atoms with Crippen LogP contribution in [0.25, 0.3) is 0 Å². The van der Waals surface area contributed by atoms with Crippen molar-refractivity contribution >= 4 is 0 Å². The Balaban J connectivity index is 3.04. The van der Waals surface area contributed by atoms with Crippen LogP contribution >= 0.6 is 0 Å². The van der Waals surface area contributed by atoms with E-state index in [0.717, 1.165) is 25.0 Å². The van der Waals surface area contributed by atoms with Gasteiger partial charge in [-0.05, 0) is 24.8 Å². The molecular formula is C12H22N2. The van der Waals surface area contributed by atoms with E-state index < -0.39 is 0 Å². The zero-order valence-electron chi connectivity index (χ0n) is 9.51. The molecule has 1 rings (SSSR count). The van der Waals surface area contributed by atoms with Gasteiger partial charge >= 0.3 is 0 Å². The summed E-state index contributed by atoms with van der Waals surface area (Å²) in [5.41, 5.74) is 14.5. The third kappa shape index (κ3) is 1.71. The zero-order chi connectivity index (χ0) is 10.8. The van der Waals surface area contributed by atoms with Crippen molar-refractivity contribution in [3.63, 3.8) is 0 Å². The fraction of sp³-hybridized carbons (Fsp3) is 0.667. The molecule has 0 saturated heterocycles. The van der Waals surface area contributed by atoms with Crippen molar-refractivity contribution < 1.29 is 0 Å². The van der Waals surface area contributed by atoms with Gasteiger partial charge in [0.25, 0.3) is 0 Å². The van der Waals surface area contributed by atoms with Crippen molar-refractivity contribution in [2.75, 3.05) is 0 Å². The minimum absolute atomic E-state index is 0.225. The highest BCUT2D eigenvalue weighted by atomic mass is 14.8. The van der Waals surface area contributed by atoms with Gasteiger partial charge in [-0.2, -0.15) is 0 Å². The van der Waals surface area contributed by atoms with E-state index >= 15 is 0 Å². The summed E-state index contributed by atoms with van der Waals surface area (Å²) < 4.78 is 0. The van der Waals surface area contributed by atoms with Crippen molar-refractivity contribution in [3.8, 4) is 0 Å². The van der Waals surface area contributed by atoms with Gasteiger partial charge in [0.1, 0.15) is 0 Å². The lowest BCUT2D eigenvalue weighted by molar-refractivity contribution is 0.346. The third-order valence-electron chi connectivity index (χ3n) is 3.39. The first kappa shape index (κ1) is 11.3. The van der Waals surface area contributed by atoms with Gasteiger partial charge < -0.3 is 11.5 Å². The van der Waals surface area contributed by atoms with Crippen LogP contribution in [0.2, 0.25) is 0 Å². The van der Waals surface area contributed by atoms with Gasteiger partial charge in [-0.15, -0.1) is 0 Å². The average Bonchev–Trinajstić information content (AvgIpc) is 2.19. The lowest BCUT2D eigenvalue weighted by Crippen LogP contribution is -2.48. The number of hydrogen-bond acceptors (Lipinski definition) is 2. The molecule has 0 spiro atoms. The van der Waals surface area contributed by atoms with Crippen molar-refractivity contribution in [3.05, 3.63) is 23.4 Å². The average molecular weight is 194 g/mol. The zero-order valence-corrected chi connectivity index (χ0v) is 9.51. The van der Waals surface area contributed by atoms with Crippen LogP contribution in [0, 0.1) is 5.92 Å². The number of nitrogens with two attached hydrogens (primary N) is 2. The monoisotopic (exact) mass is 194 g/mol. The highest BCUT2D eigenvalue weighted by Gasteiger charge is 2.34. The predicted molar refractivity (Wildman–Crippen MR) is 61.6 cm³/mol. The van der Waals surface area contributed by atoms with E-state index in [9.17, 15) is 0 Å². The van der Waals surface area contributed by atoms with Gasteiger partial charge in [0, 0.05) is 17.2 Å². The van der Waals surface area contributed by atoms with Crippen LogP contribution < -0.4 is 11.5 Å². The van der Waals surface area contributed by atoms with Gasteiger partial charge in [-0.1, -0.05) is 32.9 Å². The Bertz CT molecular complexity index is 265. The van der Waals surface area contributed by atoms with Crippen LogP contribution in [0.5, 0.6) is 0 Å². The highest BCUT2D eigenvalue weighted by Crippen LogP contribution is 2.34. The number of hydrogen-bond donors (Lipinski definition) is 2. The topological polar surface area (TPSA) is 52.0 Å². The standard InChI is InChI=1S/C12H22N2/c1-4-9-7-8-12(14,6-3)10(5-2)11(9)13/h7-8,10H,4-6,13-14H2,1-3H3. The molecule has 0 aromatic rings. The van der Waals surface area contributed by atoms with E-state index in [1.807, 2.05) is 0 Å². The van der Waals surface area contributed by atoms with Crippen molar-refractivity contribution in [1.82, 2.24) is 0 Å². The quantitative estimate of drug-likeness (QED) is 0.724. The van der Waals surface area contributed by atoms with Gasteiger partial charge in [0.2, 0.25) is 0 Å². The van der Waals surface area contributed by atoms with Crippen molar-refractivity contribution in [1.29, 1.82) is 0 Å². The molecule has 4 N–H and O–H groups in total. The maximum Gasteiger partial charge on any atom is 0.0423 e. The molecule has 0 aliphatic heterocycles. The Morgan fingerprint density at radius 1 is 1.36 bits per heavy atom. The second kappa shape index (κ2) is 4.18. The minimum Gasteiger partial charge on any atom is -0.402 e. The van der Waals surface area contributed by atoms with Crippen LogP contribution in [-0.4, -0.2) is 5.54 Å². The fourth-order valence-electron chi connectivity index (χ4n) is 2.27. The van der Waals surface area contributed by atoms with E-state index in [-0.39, 0.29) is 5.54 Å². The van der Waals surface area contributed by atoms with Crippen LogP contribution in [0.1, 0.15) is 40.0 Å². The molecule has 0 bridgehead atoms. The van der Waals surface area contributed by atoms with Crippen LogP contribution in [-0.2, 0) is 0 Å². The summed E-state index contributed by atoms with van der Waals surface area (Å²) in [7, 11) is 0. The van der Waals surface area contributed by atoms with Crippen molar-refractivity contribution in [2.45, 2.75) is 45.6 Å². The summed E-state index contributed by atoms with van der Waals surface area (Å²) in [6, 6.07) is 0. The minimum atomic E-state index is -0.225. The van der Waals surface area contributed by atoms with Crippen LogP contribution in [0.3, 0.4) is 0 Å². The molecule has 1 aliphatic carbocycles. The molecule has 2 nitrogen and oxygen atoms in total. The summed E-state index contributed by atoms with van der Waals surface area (Å²) in [6.45, 7) is 6.41. The normalized spacial score (nSPS) is 32.4. The van der Waals surface area contributed by atoms with E-state index in [2.05, 4.69) is 32.9 Å². The molecule has 0 aromatic heterocycles. The Hall–Kier alpha value is -0.760. The first-order valence-corrected chi connectivity index (χ1v) is 5.55. The summed E-state index contributed by atoms with van der Waals surface area (Å²) >= 11 is 0. The van der Waals surface area contributed by atoms with Gasteiger partial charge in [-0.3, -0.25) is 0 Å². The van der Waals surface area contributed by atoms with E-state index in [1.54, 1.807) is 0 Å². The SMILES string of the molecule is CCC1=C(N)C(CC)C(N)(CC)C=C1. The first-order chi connectivity index (χ1) is 6.59. The maximum atomic E-state index is 6.32. The summed E-state index contributed by atoms with van der Waals surface area (Å²) in [6.07, 6.45) is 7.20. The molecule has 14 heavy (non-hydrogen) atoms. The van der Waals surface area contributed by atoms with Gasteiger partial charge in [0.15, 0.2) is 0 Å². The largest absolute Gasteiger partial charge is 0.402 e. The number of rotatable bonds is 3. The Morgan fingerprint density at radius 2 is 2.00 bits per heavy atom. The third-order valence-corrected chi connectivity index (χ3v) is 3.39. The molecular weight excluding hydrogens is 172 g/mol. The molecule has 0 saturated carbocycles. The summed E-state index contributed by atoms with van der Waals surface area (Å²) in [4.78, 5) is 0. The van der Waals surface area contributed by atoms with Crippen LogP contribution in [0.15, 0.2) is 23.4 Å². The van der Waals surface area contributed by atoms with E-state index in [1.165, 1.54) is 5.57 Å². The highest BCUT2D eigenvalue weighted by molar-refractivity contribution is 5.36. The summed E-state index contributed by atoms with van der Waals surface area (Å²) in [5.74, 6) is 0.312. The fourth-order valence-corrected chi connectivity index (χ4v) is 2.27. The molecule has 2 unspecified atom stereocenters. The molecule has 0 heterocycles. The van der Waals surface area contributed by atoms with Crippen molar-refractivity contribution in [2.24, 2.45) is 17.4 Å². The first-order valence-electron chi connectivity index (χ1n) is 5.55. The molecule has 80 valence electrons. The second-order valence-corrected chi connectivity index (χ2v) is 4.09. The second-order valence-electron chi connectivity index (χ2n) is 4.09. The lowest BCUT2D eigenvalue weighted by atomic mass is 9.74. The smallest absolute Gasteiger partial charge is 0.0423 e. The number of allylic oxidation sites excluding steroid dienone is 2. The maximum absolute atomic E-state index is 6.32. The lowest BCUT2D eigenvalue weighted by Gasteiger charge is -2.37. The molecule has 0 aromatic carbocycles. The Kier molecular flexibility index (Phi) is 3.38. The Morgan fingerprint density at radius 3 is 2.43 bits per heavy atom. The Labute approximate surface area is 87.0 Å². The van der Waals surface area contributed by atoms with E-state index in [0.29, 0.717) is 5.92 Å². The molecule has 0 radical (unpaired) electrons. The summed E-state index contributed by atoms with van der Waals surface area (Å²) in [5, 5.41) is 0. The molecule has 2 heteroatoms. The van der Waals surface area contributed by atoms with Gasteiger partial charge in [-0.25, -0.2) is 0 Å². The molecule has 1 aliphatic rings.